The van der Waals surface area contributed by atoms with Gasteiger partial charge in [0.25, 0.3) is 0 Å². The lowest BCUT2D eigenvalue weighted by atomic mass is 9.90. The molecule has 13 bridgehead atoms. The van der Waals surface area contributed by atoms with Crippen LogP contribution in [0.3, 0.4) is 0 Å². The van der Waals surface area contributed by atoms with Gasteiger partial charge in [-0.1, -0.05) is 105 Å². The maximum atomic E-state index is 16.7. The summed E-state index contributed by atoms with van der Waals surface area (Å²) in [6.45, 7) is 3.55. The van der Waals surface area contributed by atoms with Gasteiger partial charge in [0.2, 0.25) is 60.2 Å². The van der Waals surface area contributed by atoms with E-state index in [0.29, 0.717) is 49.0 Å². The minimum Gasteiger partial charge on any atom is -0.508 e. The summed E-state index contributed by atoms with van der Waals surface area (Å²) in [5, 5.41) is 128. The number of ether oxygens (including phenoxy) is 7. The van der Waals surface area contributed by atoms with Crippen molar-refractivity contribution in [3.05, 3.63) is 164 Å². The zero-order valence-corrected chi connectivity index (χ0v) is 67.1. The van der Waals surface area contributed by atoms with E-state index in [1.54, 1.807) is 38.2 Å². The molecule has 7 aliphatic heterocycles. The Balaban J connectivity index is 1.06. The Labute approximate surface area is 695 Å². The summed E-state index contributed by atoms with van der Waals surface area (Å²) in [4.78, 5) is 105. The standard InChI is InChI=1S/C85H99Cl2N9O23/c1-4-5-6-7-8-9-10-11-13-70(106)93-77-78(108)63(105)41-113-85(77)119-79-67-32-48-33-68(79)116-64-23-17-45(27-55(64)86)26-43(2)91-81(110)74(47-18-22-58(100)53(31-47)72-52(57(90-42-98)39-89-25-12-24-88-3)34-49(99)35-66(72)117-84-62(104)38-60(102)69(40-97)118-84)94-82(111)75(48)95-83(112)76-54-36-51(37-61(103)73(54)87)115-65-29-46(16-21-59(65)101)30-71(107)92-56(80(109)96-76)28-44-14-19-50(114-67)20-15-44/h14-23,27,29,31-37,42-43,56-57,60,62-63,69,74-78,84-85,88-89,97,99-105,108H,4-13,24-26,28,30,38-41H2,1-3H3,(H,90,98)(H,91,110)(H,92,107)(H,93,106)(H,94,111)(H,95,112)(H,96,109)/t43-,56?,57?,60?,62+,63?,69-,74-,75?,76-,77?,78+,84?,85+/m1/s1. The number of nitrogens with one attached hydrogen (secondary N) is 9. The smallest absolute Gasteiger partial charge is 0.248 e. The number of benzene rings is 7. The van der Waals surface area contributed by atoms with Crippen LogP contribution < -0.4 is 71.5 Å². The predicted molar refractivity (Wildman–Crippen MR) is 432 cm³/mol. The number of hydrogen-bond acceptors (Lipinski definition) is 25. The monoisotopic (exact) mass is 1680 g/mol. The van der Waals surface area contributed by atoms with Crippen LogP contribution in [0.1, 0.15) is 148 Å². The third-order valence-electron chi connectivity index (χ3n) is 21.2. The van der Waals surface area contributed by atoms with E-state index in [2.05, 4.69) is 54.8 Å². The number of aromatic hydroxyl groups is 4. The van der Waals surface area contributed by atoms with Crippen molar-refractivity contribution in [2.75, 3.05) is 39.9 Å². The highest BCUT2D eigenvalue weighted by Crippen LogP contribution is 2.50. The largest absolute Gasteiger partial charge is 0.508 e. The summed E-state index contributed by atoms with van der Waals surface area (Å²) < 4.78 is 45.1. The highest BCUT2D eigenvalue weighted by molar-refractivity contribution is 6.33. The van der Waals surface area contributed by atoms with Gasteiger partial charge in [0, 0.05) is 60.7 Å². The summed E-state index contributed by atoms with van der Waals surface area (Å²) >= 11 is 14.3. The fraction of sp³-hybridized carbons (Fsp3) is 0.424. The van der Waals surface area contributed by atoms with Crippen LogP contribution >= 0.6 is 23.2 Å². The molecule has 0 radical (unpaired) electrons. The molecule has 32 nitrogen and oxygen atoms in total. The van der Waals surface area contributed by atoms with E-state index < -0.39 is 162 Å². The highest BCUT2D eigenvalue weighted by Gasteiger charge is 2.45. The van der Waals surface area contributed by atoms with E-state index in [1.807, 2.05) is 0 Å². The first-order chi connectivity index (χ1) is 57.3. The number of amides is 7. The normalized spacial score (nSPS) is 23.5. The lowest BCUT2D eigenvalue weighted by Crippen LogP contribution is -2.62. The Morgan fingerprint density at radius 3 is 2.03 bits per heavy atom. The average Bonchev–Trinajstić information content (AvgIpc) is 0.772. The predicted octanol–water partition coefficient (Wildman–Crippen LogP) is 7.06. The maximum absolute atomic E-state index is 16.7. The van der Waals surface area contributed by atoms with Gasteiger partial charge in [-0.3, -0.25) is 33.6 Å². The topological polar surface area (TPSA) is 474 Å². The molecule has 14 rings (SSSR count). The number of unbranched alkanes of at least 4 members (excludes halogenated alkanes) is 7. The van der Waals surface area contributed by atoms with Crippen LogP contribution in [0.25, 0.3) is 11.1 Å². The van der Waals surface area contributed by atoms with Gasteiger partial charge in [-0.05, 0) is 153 Å². The van der Waals surface area contributed by atoms with Crippen LogP contribution in [0.4, 0.5) is 0 Å². The van der Waals surface area contributed by atoms with E-state index in [0.717, 1.165) is 57.1 Å². The maximum Gasteiger partial charge on any atom is 0.248 e. The van der Waals surface area contributed by atoms with Crippen LogP contribution in [0.5, 0.6) is 69.0 Å². The summed E-state index contributed by atoms with van der Waals surface area (Å²) in [7, 11) is 1.78. The molecular weight excluding hydrogens is 1590 g/mol. The van der Waals surface area contributed by atoms with Crippen LogP contribution in [0.15, 0.2) is 115 Å². The summed E-state index contributed by atoms with van der Waals surface area (Å²) in [6.07, 6.45) is -3.18. The first-order valence-corrected chi connectivity index (χ1v) is 40.4. The van der Waals surface area contributed by atoms with Crippen LogP contribution in [-0.2, 0) is 62.3 Å². The second-order valence-corrected chi connectivity index (χ2v) is 31.0. The number of rotatable bonds is 26. The molecule has 2 saturated heterocycles. The number of phenolic OH excluding ortho intramolecular Hbond substituents is 4. The molecule has 0 saturated carbocycles. The van der Waals surface area contributed by atoms with Crippen molar-refractivity contribution in [3.63, 3.8) is 0 Å². The first kappa shape index (κ1) is 87.6. The van der Waals surface area contributed by atoms with Crippen molar-refractivity contribution in [1.82, 2.24) is 47.9 Å². The van der Waals surface area contributed by atoms with Crippen LogP contribution in [0, 0.1) is 0 Å². The van der Waals surface area contributed by atoms with Gasteiger partial charge in [0.15, 0.2) is 23.0 Å². The SMILES string of the molecule is CCCCCCCCCCC(=O)NC1[C@H](Oc2c3cc4cc2Oc2ccc(cc2Cl)C[C@@H](C)NC(=O)[C@@H](c2ccc(O)c(-c5c(OC6O[C@H](CO)C(O)C[C@@H]6O)cc(O)cc5C(CNCCCNC)NC=O)c2)NC(=O)C4NC(=O)[C@@H]2NC(=O)C(Cc4ccc(cc4)O3)NC(=O)Cc3ccc(O)c(c3)Oc3cc(O)c(Cl)c2c3)OCC(O)[C@@H]1O. The molecule has 34 heteroatoms. The molecule has 2 fully saturated rings. The van der Waals surface area contributed by atoms with Crippen molar-refractivity contribution in [3.8, 4) is 80.1 Å². The number of carbonyl (C=O) groups excluding carboxylic acids is 7. The number of hydrogen-bond donors (Lipinski definition) is 18. The van der Waals surface area contributed by atoms with E-state index >= 15 is 19.2 Å². The number of halogens is 2. The Morgan fingerprint density at radius 2 is 1.30 bits per heavy atom. The molecule has 0 spiro atoms. The minimum atomic E-state index is -2.20. The van der Waals surface area contributed by atoms with Crippen molar-refractivity contribution in [2.24, 2.45) is 0 Å². The van der Waals surface area contributed by atoms with E-state index in [-0.39, 0.29) is 123 Å². The molecule has 7 aromatic carbocycles. The van der Waals surface area contributed by atoms with Gasteiger partial charge >= 0.3 is 0 Å². The molecule has 14 atom stereocenters. The van der Waals surface area contributed by atoms with E-state index in [9.17, 15) is 60.3 Å². The molecule has 7 heterocycles. The molecule has 7 unspecified atom stereocenters. The molecule has 7 aromatic rings. The third kappa shape index (κ3) is 21.8. The lowest BCUT2D eigenvalue weighted by molar-refractivity contribution is -0.240. The number of aliphatic hydroxyl groups excluding tert-OH is 5. The zero-order chi connectivity index (χ0) is 84.7. The molecule has 0 aromatic heterocycles. The van der Waals surface area contributed by atoms with Gasteiger partial charge in [-0.25, -0.2) is 0 Å². The van der Waals surface area contributed by atoms with E-state index in [1.165, 1.54) is 78.9 Å². The van der Waals surface area contributed by atoms with Crippen molar-refractivity contribution < 1.29 is 113 Å². The fourth-order valence-corrected chi connectivity index (χ4v) is 15.4. The van der Waals surface area contributed by atoms with Crippen LogP contribution in [-0.4, -0.2) is 189 Å². The summed E-state index contributed by atoms with van der Waals surface area (Å²) in [5.74, 6) is -9.70. The molecular formula is C85H99Cl2N9O23. The van der Waals surface area contributed by atoms with Crippen LogP contribution in [0.2, 0.25) is 10.0 Å². The Morgan fingerprint density at radius 1 is 0.622 bits per heavy atom. The third-order valence-corrected chi connectivity index (χ3v) is 21.9. The van der Waals surface area contributed by atoms with Gasteiger partial charge in [-0.15, -0.1) is 0 Å². The quantitative estimate of drug-likeness (QED) is 0.0190. The lowest BCUT2D eigenvalue weighted by Gasteiger charge is -2.38. The fourth-order valence-electron chi connectivity index (χ4n) is 15.0. The average molecular weight is 1690 g/mol. The van der Waals surface area contributed by atoms with Gasteiger partial charge in [0.1, 0.15) is 94.9 Å². The van der Waals surface area contributed by atoms with E-state index in [4.69, 9.17) is 56.4 Å². The molecule has 7 aliphatic rings. The number of phenols is 4. The Kier molecular flexibility index (Phi) is 29.7. The Bertz CT molecular complexity index is 4810. The molecule has 0 aliphatic carbocycles. The number of aliphatic hydroxyl groups is 5. The molecule has 119 heavy (non-hydrogen) atoms. The number of fused-ring (bicyclic) bond motifs is 15. The van der Waals surface area contributed by atoms with Gasteiger partial charge in [-0.2, -0.15) is 0 Å². The minimum absolute atomic E-state index is 0.0217. The molecule has 7 amide bonds. The second-order valence-electron chi connectivity index (χ2n) is 30.2. The molecule has 636 valence electrons. The van der Waals surface area contributed by atoms with Gasteiger partial charge < -0.3 is 127 Å². The van der Waals surface area contributed by atoms with Crippen molar-refractivity contribution >= 4 is 65.1 Å². The first-order valence-electron chi connectivity index (χ1n) is 39.7. The summed E-state index contributed by atoms with van der Waals surface area (Å²) in [6, 6.07) is 14.6. The van der Waals surface area contributed by atoms with Gasteiger partial charge in [0.05, 0.1) is 41.8 Å². The molecule has 18 N–H and O–H groups in total. The van der Waals surface area contributed by atoms with Crippen molar-refractivity contribution in [2.45, 2.75) is 189 Å². The van der Waals surface area contributed by atoms with Crippen molar-refractivity contribution in [1.29, 1.82) is 0 Å². The number of carbonyl (C=O) groups is 7. The zero-order valence-electron chi connectivity index (χ0n) is 65.6. The summed E-state index contributed by atoms with van der Waals surface area (Å²) in [5.41, 5.74) is 0.245. The second kappa shape index (κ2) is 40.3. The Hall–Kier alpha value is -10.8. The highest BCUT2D eigenvalue weighted by atomic mass is 35.5.